The molecule has 4 nitrogen and oxygen atoms in total. The zero-order chi connectivity index (χ0) is 9.14. The number of nitrogen functional groups attached to an aromatic ring is 1. The summed E-state index contributed by atoms with van der Waals surface area (Å²) < 4.78 is 2.10. The minimum atomic E-state index is -0.246. The topological polar surface area (TPSA) is 63.8 Å². The summed E-state index contributed by atoms with van der Waals surface area (Å²) in [6.07, 6.45) is 0.935. The summed E-state index contributed by atoms with van der Waals surface area (Å²) in [4.78, 5) is 13.4. The Morgan fingerprint density at radius 3 is 2.92 bits per heavy atom. The highest BCUT2D eigenvalue weighted by Crippen LogP contribution is 1.99. The van der Waals surface area contributed by atoms with Crippen LogP contribution in [0.2, 0.25) is 0 Å². The van der Waals surface area contributed by atoms with E-state index in [9.17, 15) is 4.79 Å². The fraction of sp³-hybridized carbons (Fsp3) is 0.429. The molecule has 12 heavy (non-hydrogen) atoms. The van der Waals surface area contributed by atoms with Crippen LogP contribution in [0.25, 0.3) is 0 Å². The summed E-state index contributed by atoms with van der Waals surface area (Å²) in [5.74, 6) is 0.422. The van der Waals surface area contributed by atoms with E-state index in [1.54, 1.807) is 4.57 Å². The number of H-pyrrole nitrogens is 1. The summed E-state index contributed by atoms with van der Waals surface area (Å²) in [5, 5.41) is 0. The van der Waals surface area contributed by atoms with E-state index in [0.717, 1.165) is 13.0 Å². The third-order valence-electron chi connectivity index (χ3n) is 1.51. The Labute approximate surface area is 75.0 Å². The lowest BCUT2D eigenvalue weighted by Gasteiger charge is -2.07. The highest BCUT2D eigenvalue weighted by Gasteiger charge is 1.97. The lowest BCUT2D eigenvalue weighted by atomic mass is 10.4. The van der Waals surface area contributed by atoms with Gasteiger partial charge in [0.1, 0.15) is 5.82 Å². The molecule has 0 amide bonds. The second kappa shape index (κ2) is 3.53. The van der Waals surface area contributed by atoms with Crippen LogP contribution in [0, 0.1) is 4.77 Å². The molecule has 0 saturated carbocycles. The fourth-order valence-corrected chi connectivity index (χ4v) is 1.29. The number of aromatic nitrogens is 2. The van der Waals surface area contributed by atoms with Crippen LogP contribution in [0.3, 0.4) is 0 Å². The highest BCUT2D eigenvalue weighted by atomic mass is 32.1. The van der Waals surface area contributed by atoms with Crippen LogP contribution >= 0.6 is 12.2 Å². The van der Waals surface area contributed by atoms with Crippen molar-refractivity contribution in [3.8, 4) is 0 Å². The van der Waals surface area contributed by atoms with Crippen molar-refractivity contribution in [2.75, 3.05) is 5.73 Å². The third-order valence-corrected chi connectivity index (χ3v) is 1.84. The van der Waals surface area contributed by atoms with Crippen LogP contribution in [0.4, 0.5) is 5.82 Å². The van der Waals surface area contributed by atoms with Gasteiger partial charge in [0.15, 0.2) is 4.77 Å². The van der Waals surface area contributed by atoms with Gasteiger partial charge in [-0.1, -0.05) is 6.92 Å². The number of anilines is 1. The largest absolute Gasteiger partial charge is 0.385 e. The standard InChI is InChI=1S/C7H11N3OS/c1-2-3-10-5(8)4-6(11)9-7(10)12/h4H,2-3,8H2,1H3,(H,9,11,12). The Bertz CT molecular complexity index is 379. The summed E-state index contributed by atoms with van der Waals surface area (Å²) in [6, 6.07) is 1.34. The summed E-state index contributed by atoms with van der Waals surface area (Å²) in [6.45, 7) is 2.76. The lowest BCUT2D eigenvalue weighted by molar-refractivity contribution is 0.657. The van der Waals surface area contributed by atoms with Crippen molar-refractivity contribution in [2.45, 2.75) is 19.9 Å². The molecule has 0 fully saturated rings. The van der Waals surface area contributed by atoms with E-state index in [-0.39, 0.29) is 5.56 Å². The number of nitrogens with one attached hydrogen (secondary N) is 1. The predicted octanol–water partition coefficient (Wildman–Crippen LogP) is 0.898. The first kappa shape index (κ1) is 8.99. The molecule has 66 valence electrons. The first-order valence-corrected chi connectivity index (χ1v) is 4.15. The molecule has 0 spiro atoms. The monoisotopic (exact) mass is 185 g/mol. The van der Waals surface area contributed by atoms with Crippen molar-refractivity contribution < 1.29 is 0 Å². The number of nitrogens with two attached hydrogens (primary N) is 1. The van der Waals surface area contributed by atoms with Crippen molar-refractivity contribution >= 4 is 18.0 Å². The van der Waals surface area contributed by atoms with Gasteiger partial charge < -0.3 is 10.3 Å². The predicted molar refractivity (Wildman–Crippen MR) is 50.6 cm³/mol. The van der Waals surface area contributed by atoms with E-state index >= 15 is 0 Å². The van der Waals surface area contributed by atoms with Crippen LogP contribution in [0.1, 0.15) is 13.3 Å². The molecule has 3 N–H and O–H groups in total. The Morgan fingerprint density at radius 2 is 2.42 bits per heavy atom. The molecule has 0 unspecified atom stereocenters. The molecular formula is C7H11N3OS. The number of hydrogen-bond acceptors (Lipinski definition) is 3. The van der Waals surface area contributed by atoms with Crippen LogP contribution in [-0.2, 0) is 6.54 Å². The first-order valence-electron chi connectivity index (χ1n) is 3.74. The van der Waals surface area contributed by atoms with E-state index in [1.807, 2.05) is 6.92 Å². The molecule has 0 aliphatic carbocycles. The maximum atomic E-state index is 10.9. The van der Waals surface area contributed by atoms with Crippen LogP contribution in [0.15, 0.2) is 10.9 Å². The SMILES string of the molecule is CCCn1c(N)cc(=O)[nH]c1=S. The average Bonchev–Trinajstić information content (AvgIpc) is 1.96. The smallest absolute Gasteiger partial charge is 0.253 e. The maximum Gasteiger partial charge on any atom is 0.253 e. The Hall–Kier alpha value is -1.10. The molecule has 0 saturated heterocycles. The Balaban J connectivity index is 3.29. The maximum absolute atomic E-state index is 10.9. The molecule has 0 radical (unpaired) electrons. The van der Waals surface area contributed by atoms with E-state index in [2.05, 4.69) is 4.98 Å². The number of nitrogens with zero attached hydrogens (tertiary/aromatic N) is 1. The van der Waals surface area contributed by atoms with Gasteiger partial charge in [0.05, 0.1) is 0 Å². The summed E-state index contributed by atoms with van der Waals surface area (Å²) in [5.41, 5.74) is 5.34. The van der Waals surface area contributed by atoms with Gasteiger partial charge in [-0.05, 0) is 18.6 Å². The minimum absolute atomic E-state index is 0.246. The highest BCUT2D eigenvalue weighted by molar-refractivity contribution is 7.71. The second-order valence-corrected chi connectivity index (χ2v) is 2.90. The van der Waals surface area contributed by atoms with Gasteiger partial charge in [0, 0.05) is 12.6 Å². The molecule has 1 aromatic rings. The molecule has 1 rings (SSSR count). The van der Waals surface area contributed by atoms with Gasteiger partial charge in [-0.2, -0.15) is 0 Å². The zero-order valence-electron chi connectivity index (χ0n) is 6.83. The van der Waals surface area contributed by atoms with Crippen molar-refractivity contribution in [3.63, 3.8) is 0 Å². The molecular weight excluding hydrogens is 174 g/mol. The minimum Gasteiger partial charge on any atom is -0.385 e. The van der Waals surface area contributed by atoms with Gasteiger partial charge in [-0.15, -0.1) is 0 Å². The van der Waals surface area contributed by atoms with Crippen molar-refractivity contribution in [2.24, 2.45) is 0 Å². The molecule has 0 aliphatic heterocycles. The molecule has 0 atom stereocenters. The molecule has 5 heteroatoms. The van der Waals surface area contributed by atoms with Gasteiger partial charge >= 0.3 is 0 Å². The molecule has 0 aromatic carbocycles. The normalized spacial score (nSPS) is 10.1. The van der Waals surface area contributed by atoms with E-state index in [4.69, 9.17) is 18.0 Å². The van der Waals surface area contributed by atoms with Crippen LogP contribution in [-0.4, -0.2) is 9.55 Å². The van der Waals surface area contributed by atoms with E-state index in [1.165, 1.54) is 6.07 Å². The second-order valence-electron chi connectivity index (χ2n) is 2.52. The van der Waals surface area contributed by atoms with Gasteiger partial charge in [0.25, 0.3) is 5.56 Å². The third kappa shape index (κ3) is 1.73. The Kier molecular flexibility index (Phi) is 2.65. The van der Waals surface area contributed by atoms with Gasteiger partial charge in [0.2, 0.25) is 0 Å². The first-order chi connectivity index (χ1) is 5.65. The number of rotatable bonds is 2. The number of aromatic amines is 1. The Morgan fingerprint density at radius 1 is 1.75 bits per heavy atom. The van der Waals surface area contributed by atoms with Gasteiger partial charge in [-0.3, -0.25) is 9.78 Å². The summed E-state index contributed by atoms with van der Waals surface area (Å²) in [7, 11) is 0. The van der Waals surface area contributed by atoms with E-state index in [0.29, 0.717) is 10.6 Å². The van der Waals surface area contributed by atoms with Crippen molar-refractivity contribution in [1.29, 1.82) is 0 Å². The molecule has 0 bridgehead atoms. The van der Waals surface area contributed by atoms with Crippen LogP contribution < -0.4 is 11.3 Å². The fourth-order valence-electron chi connectivity index (χ4n) is 0.993. The molecule has 1 aromatic heterocycles. The lowest BCUT2D eigenvalue weighted by Crippen LogP contribution is -2.15. The summed E-state index contributed by atoms with van der Waals surface area (Å²) >= 11 is 4.92. The van der Waals surface area contributed by atoms with Crippen molar-refractivity contribution in [3.05, 3.63) is 21.2 Å². The molecule has 1 heterocycles. The van der Waals surface area contributed by atoms with E-state index < -0.39 is 0 Å². The zero-order valence-corrected chi connectivity index (χ0v) is 7.65. The van der Waals surface area contributed by atoms with Crippen molar-refractivity contribution in [1.82, 2.24) is 9.55 Å². The average molecular weight is 185 g/mol. The molecule has 0 aliphatic rings. The number of hydrogen-bond donors (Lipinski definition) is 2. The van der Waals surface area contributed by atoms with Crippen LogP contribution in [0.5, 0.6) is 0 Å². The van der Waals surface area contributed by atoms with Gasteiger partial charge in [-0.25, -0.2) is 0 Å². The quantitative estimate of drug-likeness (QED) is 0.673.